The zero-order chi connectivity index (χ0) is 44.4. The maximum absolute atomic E-state index is 12.7. The summed E-state index contributed by atoms with van der Waals surface area (Å²) in [6.45, 7) is 6.43. The van der Waals surface area contributed by atoms with E-state index in [1.54, 1.807) is 0 Å². The molecule has 6 heteroatoms. The standard InChI is InChI=1S/C55H94O6/c1-4-7-10-13-16-19-21-23-25-26-27-28-29-30-31-33-34-36-39-42-45-48-54(57)60-51-52(50-59-53(56)47-44-41-38-18-15-12-9-6-3)61-55(58)49-46-43-40-37-35-32-24-22-20-17-14-11-8-5-2/h7,10,14,16-17,19,22-25,27-28,52H,4-6,8-9,11-13,15,18,20-21,26,29-51H2,1-3H3/b10-7-,17-14-,19-16-,24-22-,25-23-,28-27-. The van der Waals surface area contributed by atoms with Crippen molar-refractivity contribution in [2.24, 2.45) is 0 Å². The van der Waals surface area contributed by atoms with Gasteiger partial charge in [0.25, 0.3) is 0 Å². The first-order chi connectivity index (χ1) is 30.0. The van der Waals surface area contributed by atoms with Crippen molar-refractivity contribution < 1.29 is 28.6 Å². The van der Waals surface area contributed by atoms with Crippen LogP contribution in [0.5, 0.6) is 0 Å². The van der Waals surface area contributed by atoms with E-state index in [0.717, 1.165) is 116 Å². The van der Waals surface area contributed by atoms with Gasteiger partial charge in [-0.25, -0.2) is 0 Å². The Balaban J connectivity index is 4.30. The van der Waals surface area contributed by atoms with Gasteiger partial charge in [0.2, 0.25) is 0 Å². The zero-order valence-electron chi connectivity index (χ0n) is 39.9. The van der Waals surface area contributed by atoms with E-state index in [-0.39, 0.29) is 31.1 Å². The molecule has 1 unspecified atom stereocenters. The molecule has 0 heterocycles. The molecule has 0 aliphatic rings. The molecule has 0 aromatic heterocycles. The Morgan fingerprint density at radius 1 is 0.344 bits per heavy atom. The molecule has 0 aliphatic carbocycles. The Bertz CT molecular complexity index is 1160. The van der Waals surface area contributed by atoms with Gasteiger partial charge in [0.05, 0.1) is 0 Å². The molecule has 0 bridgehead atoms. The molecule has 0 saturated carbocycles. The molecule has 0 saturated heterocycles. The van der Waals surface area contributed by atoms with Gasteiger partial charge < -0.3 is 14.2 Å². The maximum Gasteiger partial charge on any atom is 0.306 e. The van der Waals surface area contributed by atoms with Gasteiger partial charge in [-0.15, -0.1) is 0 Å². The SMILES string of the molecule is CC/C=C\C/C=C\C/C=C\C/C=C\CCCCCCCCCCC(=O)OCC(COC(=O)CCCCCCCCCC)OC(=O)CCCCCCC/C=C\C/C=C\CCCC. The van der Waals surface area contributed by atoms with Crippen LogP contribution in [-0.4, -0.2) is 37.2 Å². The quantitative estimate of drug-likeness (QED) is 0.0263. The number of carbonyl (C=O) groups excluding carboxylic acids is 3. The smallest absolute Gasteiger partial charge is 0.306 e. The third-order valence-corrected chi connectivity index (χ3v) is 10.7. The van der Waals surface area contributed by atoms with Crippen LogP contribution in [0.3, 0.4) is 0 Å². The first-order valence-electron chi connectivity index (χ1n) is 25.4. The van der Waals surface area contributed by atoms with Crippen LogP contribution in [0.4, 0.5) is 0 Å². The molecule has 350 valence electrons. The second-order valence-electron chi connectivity index (χ2n) is 16.7. The monoisotopic (exact) mass is 851 g/mol. The van der Waals surface area contributed by atoms with Crippen LogP contribution in [0.2, 0.25) is 0 Å². The number of rotatable bonds is 45. The van der Waals surface area contributed by atoms with Crippen molar-refractivity contribution in [3.63, 3.8) is 0 Å². The molecule has 0 aliphatic heterocycles. The van der Waals surface area contributed by atoms with E-state index in [4.69, 9.17) is 14.2 Å². The largest absolute Gasteiger partial charge is 0.462 e. The predicted molar refractivity (Wildman–Crippen MR) is 261 cm³/mol. The van der Waals surface area contributed by atoms with Gasteiger partial charge in [0, 0.05) is 19.3 Å². The summed E-state index contributed by atoms with van der Waals surface area (Å²) in [6, 6.07) is 0. The Labute approximate surface area is 376 Å². The maximum atomic E-state index is 12.7. The van der Waals surface area contributed by atoms with Gasteiger partial charge in [-0.1, -0.05) is 209 Å². The Morgan fingerprint density at radius 3 is 1.05 bits per heavy atom. The first kappa shape index (κ1) is 57.9. The number of hydrogen-bond acceptors (Lipinski definition) is 6. The lowest BCUT2D eigenvalue weighted by Gasteiger charge is -2.18. The number of esters is 3. The summed E-state index contributed by atoms with van der Waals surface area (Å²) < 4.78 is 16.7. The lowest BCUT2D eigenvalue weighted by Crippen LogP contribution is -2.30. The number of carbonyl (C=O) groups is 3. The molecular formula is C55H94O6. The topological polar surface area (TPSA) is 78.9 Å². The van der Waals surface area contributed by atoms with Crippen LogP contribution in [0.1, 0.15) is 239 Å². The summed E-state index contributed by atoms with van der Waals surface area (Å²) in [5, 5.41) is 0. The van der Waals surface area contributed by atoms with Crippen molar-refractivity contribution in [2.45, 2.75) is 245 Å². The highest BCUT2D eigenvalue weighted by Gasteiger charge is 2.19. The second kappa shape index (κ2) is 49.5. The summed E-state index contributed by atoms with van der Waals surface area (Å²) in [7, 11) is 0. The van der Waals surface area contributed by atoms with Crippen molar-refractivity contribution in [3.05, 3.63) is 72.9 Å². The average Bonchev–Trinajstić information content (AvgIpc) is 3.26. The molecule has 61 heavy (non-hydrogen) atoms. The summed E-state index contributed by atoms with van der Waals surface area (Å²) >= 11 is 0. The van der Waals surface area contributed by atoms with E-state index in [1.165, 1.54) is 83.5 Å². The number of ether oxygens (including phenoxy) is 3. The van der Waals surface area contributed by atoms with Crippen LogP contribution in [0.25, 0.3) is 0 Å². The minimum atomic E-state index is -0.782. The van der Waals surface area contributed by atoms with Crippen molar-refractivity contribution in [3.8, 4) is 0 Å². The van der Waals surface area contributed by atoms with Crippen LogP contribution in [0.15, 0.2) is 72.9 Å². The van der Waals surface area contributed by atoms with Crippen LogP contribution in [-0.2, 0) is 28.6 Å². The van der Waals surface area contributed by atoms with Crippen molar-refractivity contribution in [2.75, 3.05) is 13.2 Å². The molecule has 0 aromatic carbocycles. The van der Waals surface area contributed by atoms with Crippen LogP contribution < -0.4 is 0 Å². The predicted octanol–water partition coefficient (Wildman–Crippen LogP) is 16.6. The molecule has 0 aromatic rings. The highest BCUT2D eigenvalue weighted by Crippen LogP contribution is 2.14. The number of allylic oxidation sites excluding steroid dienone is 12. The summed E-state index contributed by atoms with van der Waals surface area (Å²) in [6.07, 6.45) is 61.8. The van der Waals surface area contributed by atoms with Gasteiger partial charge in [-0.2, -0.15) is 0 Å². The summed E-state index contributed by atoms with van der Waals surface area (Å²) in [5.74, 6) is -0.909. The molecule has 0 N–H and O–H groups in total. The van der Waals surface area contributed by atoms with Crippen molar-refractivity contribution in [1.82, 2.24) is 0 Å². The first-order valence-corrected chi connectivity index (χ1v) is 25.4. The fourth-order valence-electron chi connectivity index (χ4n) is 6.86. The minimum absolute atomic E-state index is 0.0830. The van der Waals surface area contributed by atoms with Gasteiger partial charge in [0.1, 0.15) is 13.2 Å². The molecule has 0 rings (SSSR count). The lowest BCUT2D eigenvalue weighted by molar-refractivity contribution is -0.167. The van der Waals surface area contributed by atoms with E-state index < -0.39 is 6.10 Å². The molecule has 6 nitrogen and oxygen atoms in total. The van der Waals surface area contributed by atoms with Crippen molar-refractivity contribution >= 4 is 17.9 Å². The molecular weight excluding hydrogens is 757 g/mol. The van der Waals surface area contributed by atoms with Gasteiger partial charge >= 0.3 is 17.9 Å². The van der Waals surface area contributed by atoms with Gasteiger partial charge in [-0.3, -0.25) is 14.4 Å². The van der Waals surface area contributed by atoms with Crippen LogP contribution in [0, 0.1) is 0 Å². The van der Waals surface area contributed by atoms with E-state index in [0.29, 0.717) is 19.3 Å². The molecule has 1 atom stereocenters. The zero-order valence-corrected chi connectivity index (χ0v) is 39.9. The minimum Gasteiger partial charge on any atom is -0.462 e. The number of unbranched alkanes of at least 4 members (excludes halogenated alkanes) is 22. The molecule has 0 spiro atoms. The lowest BCUT2D eigenvalue weighted by atomic mass is 10.1. The molecule has 0 radical (unpaired) electrons. The second-order valence-corrected chi connectivity index (χ2v) is 16.7. The Morgan fingerprint density at radius 2 is 0.656 bits per heavy atom. The Hall–Kier alpha value is -3.15. The van der Waals surface area contributed by atoms with Crippen LogP contribution >= 0.6 is 0 Å². The van der Waals surface area contributed by atoms with Gasteiger partial charge in [-0.05, 0) is 83.5 Å². The summed E-state index contributed by atoms with van der Waals surface area (Å²) in [5.41, 5.74) is 0. The van der Waals surface area contributed by atoms with E-state index >= 15 is 0 Å². The Kier molecular flexibility index (Phi) is 46.9. The fraction of sp³-hybridized carbons (Fsp3) is 0.727. The fourth-order valence-corrected chi connectivity index (χ4v) is 6.86. The van der Waals surface area contributed by atoms with Gasteiger partial charge in [0.15, 0.2) is 6.10 Å². The van der Waals surface area contributed by atoms with E-state index in [1.807, 2.05) is 0 Å². The summed E-state index contributed by atoms with van der Waals surface area (Å²) in [4.78, 5) is 37.8. The molecule has 0 amide bonds. The average molecular weight is 851 g/mol. The van der Waals surface area contributed by atoms with E-state index in [2.05, 4.69) is 93.7 Å². The highest BCUT2D eigenvalue weighted by atomic mass is 16.6. The normalized spacial score (nSPS) is 12.6. The van der Waals surface area contributed by atoms with E-state index in [9.17, 15) is 14.4 Å². The highest BCUT2D eigenvalue weighted by molar-refractivity contribution is 5.71. The molecule has 0 fully saturated rings. The third-order valence-electron chi connectivity index (χ3n) is 10.7. The number of hydrogen-bond donors (Lipinski definition) is 0. The van der Waals surface area contributed by atoms with Crippen molar-refractivity contribution in [1.29, 1.82) is 0 Å². The third kappa shape index (κ3) is 47.7.